The molecule has 6 heteroatoms. The number of Topliss-reactive ketones (excluding diaryl/α,β-unsaturated/α-hetero) is 1. The molecule has 0 amide bonds. The predicted octanol–water partition coefficient (Wildman–Crippen LogP) is 2.06. The number of hydrogen-bond acceptors (Lipinski definition) is 6. The molecular weight excluding hydrogens is 314 g/mol. The molecule has 2 aliphatic heterocycles. The van der Waals surface area contributed by atoms with Gasteiger partial charge >= 0.3 is 5.97 Å². The monoisotopic (exact) mass is 331 g/mol. The van der Waals surface area contributed by atoms with E-state index in [0.717, 1.165) is 23.7 Å². The Hall–Kier alpha value is -2.05. The molecule has 0 aromatic heterocycles. The van der Waals surface area contributed by atoms with Crippen molar-refractivity contribution in [1.29, 1.82) is 0 Å². The van der Waals surface area contributed by atoms with Gasteiger partial charge in [0.1, 0.15) is 0 Å². The van der Waals surface area contributed by atoms with Crippen LogP contribution in [0, 0.1) is 0 Å². The van der Waals surface area contributed by atoms with Crippen LogP contribution in [0.3, 0.4) is 0 Å². The number of rotatable bonds is 3. The Balaban J connectivity index is 2.01. The highest BCUT2D eigenvalue weighted by atomic mass is 32.2. The molecule has 0 spiro atoms. The smallest absolute Gasteiger partial charge is 0.331 e. The zero-order chi connectivity index (χ0) is 16.2. The molecule has 1 aromatic rings. The third-order valence-corrected chi connectivity index (χ3v) is 4.86. The van der Waals surface area contributed by atoms with Gasteiger partial charge in [-0.2, -0.15) is 0 Å². The highest BCUT2D eigenvalue weighted by Crippen LogP contribution is 2.44. The molecule has 5 nitrogen and oxygen atoms in total. The summed E-state index contributed by atoms with van der Waals surface area (Å²) in [7, 11) is 1.30. The van der Waals surface area contributed by atoms with Crippen molar-refractivity contribution in [2.75, 3.05) is 33.4 Å². The fourth-order valence-electron chi connectivity index (χ4n) is 2.53. The summed E-state index contributed by atoms with van der Waals surface area (Å²) in [6.07, 6.45) is 1.27. The quantitative estimate of drug-likeness (QED) is 0.624. The SMILES string of the molecule is COC(=O)/C=C1/SC(N2CCOCC2)=C(c2ccccc2)C1=O. The van der Waals surface area contributed by atoms with E-state index in [-0.39, 0.29) is 5.78 Å². The first-order chi connectivity index (χ1) is 11.2. The standard InChI is InChI=1S/C17H17NO4S/c1-21-14(19)11-13-16(20)15(12-5-3-2-4-6-12)17(23-13)18-7-9-22-10-8-18/h2-6,11H,7-10H2,1H3/b13-11+. The summed E-state index contributed by atoms with van der Waals surface area (Å²) in [5, 5.41) is 0.889. The van der Waals surface area contributed by atoms with E-state index in [4.69, 9.17) is 4.74 Å². The Labute approximate surface area is 138 Å². The minimum absolute atomic E-state index is 0.131. The first-order valence-corrected chi connectivity index (χ1v) is 8.17. The van der Waals surface area contributed by atoms with Crippen LogP contribution in [0.15, 0.2) is 46.3 Å². The number of ketones is 1. The molecule has 0 unspecified atom stereocenters. The summed E-state index contributed by atoms with van der Waals surface area (Å²) in [4.78, 5) is 26.9. The topological polar surface area (TPSA) is 55.8 Å². The van der Waals surface area contributed by atoms with Gasteiger partial charge in [0.15, 0.2) is 0 Å². The molecule has 0 radical (unpaired) electrons. The molecular formula is C17H17NO4S. The van der Waals surface area contributed by atoms with Gasteiger partial charge in [-0.1, -0.05) is 42.1 Å². The second-order valence-electron chi connectivity index (χ2n) is 5.11. The summed E-state index contributed by atoms with van der Waals surface area (Å²) in [5.74, 6) is -0.649. The molecule has 2 heterocycles. The molecule has 120 valence electrons. The summed E-state index contributed by atoms with van der Waals surface area (Å²) >= 11 is 1.33. The third kappa shape index (κ3) is 3.33. The molecule has 2 aliphatic rings. The highest BCUT2D eigenvalue weighted by Gasteiger charge is 2.34. The molecule has 1 aromatic carbocycles. The van der Waals surface area contributed by atoms with Crippen LogP contribution < -0.4 is 0 Å². The number of carbonyl (C=O) groups excluding carboxylic acids is 2. The average molecular weight is 331 g/mol. The number of carbonyl (C=O) groups is 2. The number of hydrogen-bond donors (Lipinski definition) is 0. The highest BCUT2D eigenvalue weighted by molar-refractivity contribution is 8.08. The lowest BCUT2D eigenvalue weighted by Gasteiger charge is -2.29. The maximum atomic E-state index is 12.8. The van der Waals surface area contributed by atoms with Crippen molar-refractivity contribution in [3.05, 3.63) is 51.9 Å². The van der Waals surface area contributed by atoms with Crippen LogP contribution in [-0.2, 0) is 19.1 Å². The van der Waals surface area contributed by atoms with Crippen molar-refractivity contribution < 1.29 is 19.1 Å². The number of esters is 1. The molecule has 1 saturated heterocycles. The molecule has 0 bridgehead atoms. The van der Waals surface area contributed by atoms with Crippen LogP contribution in [0.25, 0.3) is 5.57 Å². The van der Waals surface area contributed by atoms with Crippen molar-refractivity contribution >= 4 is 29.1 Å². The van der Waals surface area contributed by atoms with E-state index in [1.807, 2.05) is 30.3 Å². The maximum absolute atomic E-state index is 12.8. The first-order valence-electron chi connectivity index (χ1n) is 7.35. The van der Waals surface area contributed by atoms with Gasteiger partial charge in [0.05, 0.1) is 35.8 Å². The largest absolute Gasteiger partial charge is 0.466 e. The van der Waals surface area contributed by atoms with Crippen molar-refractivity contribution in [3.63, 3.8) is 0 Å². The van der Waals surface area contributed by atoms with Gasteiger partial charge in [-0.25, -0.2) is 4.79 Å². The van der Waals surface area contributed by atoms with E-state index < -0.39 is 5.97 Å². The summed E-state index contributed by atoms with van der Waals surface area (Å²) < 4.78 is 10.0. The maximum Gasteiger partial charge on any atom is 0.331 e. The minimum atomic E-state index is -0.517. The van der Waals surface area contributed by atoms with E-state index in [0.29, 0.717) is 23.7 Å². The van der Waals surface area contributed by atoms with E-state index in [9.17, 15) is 9.59 Å². The van der Waals surface area contributed by atoms with E-state index in [1.54, 1.807) is 0 Å². The third-order valence-electron chi connectivity index (χ3n) is 3.68. The van der Waals surface area contributed by atoms with Gasteiger partial charge in [0.2, 0.25) is 5.78 Å². The molecule has 3 rings (SSSR count). The second kappa shape index (κ2) is 7.02. The fraction of sp³-hybridized carbons (Fsp3) is 0.294. The van der Waals surface area contributed by atoms with Crippen LogP contribution in [-0.4, -0.2) is 50.1 Å². The van der Waals surface area contributed by atoms with Crippen LogP contribution in [0.1, 0.15) is 5.56 Å². The van der Waals surface area contributed by atoms with Crippen LogP contribution in [0.4, 0.5) is 0 Å². The van der Waals surface area contributed by atoms with Gasteiger partial charge in [0, 0.05) is 19.2 Å². The number of allylic oxidation sites excluding steroid dienone is 2. The lowest BCUT2D eigenvalue weighted by atomic mass is 10.0. The van der Waals surface area contributed by atoms with E-state index >= 15 is 0 Å². The summed E-state index contributed by atoms with van der Waals surface area (Å²) in [5.41, 5.74) is 1.51. The number of morpholine rings is 1. The fourth-order valence-corrected chi connectivity index (χ4v) is 3.71. The molecule has 0 N–H and O–H groups in total. The molecule has 0 aliphatic carbocycles. The summed E-state index contributed by atoms with van der Waals surface area (Å²) in [6, 6.07) is 9.54. The van der Waals surface area contributed by atoms with Gasteiger partial charge in [-0.3, -0.25) is 4.79 Å². The zero-order valence-electron chi connectivity index (χ0n) is 12.8. The molecule has 0 saturated carbocycles. The Morgan fingerprint density at radius 2 is 1.96 bits per heavy atom. The molecule has 0 atom stereocenters. The van der Waals surface area contributed by atoms with Gasteiger partial charge < -0.3 is 14.4 Å². The van der Waals surface area contributed by atoms with Crippen molar-refractivity contribution in [1.82, 2.24) is 4.90 Å². The van der Waals surface area contributed by atoms with Crippen molar-refractivity contribution in [3.8, 4) is 0 Å². The zero-order valence-corrected chi connectivity index (χ0v) is 13.6. The molecule has 1 fully saturated rings. The average Bonchev–Trinajstić information content (AvgIpc) is 2.93. The summed E-state index contributed by atoms with van der Waals surface area (Å²) in [6.45, 7) is 2.74. The lowest BCUT2D eigenvalue weighted by Crippen LogP contribution is -2.34. The van der Waals surface area contributed by atoms with Gasteiger partial charge in [-0.15, -0.1) is 0 Å². The van der Waals surface area contributed by atoms with Gasteiger partial charge in [0.25, 0.3) is 0 Å². The second-order valence-corrected chi connectivity index (χ2v) is 6.14. The number of methoxy groups -OCH3 is 1. The Bertz CT molecular complexity index is 675. The van der Waals surface area contributed by atoms with Crippen molar-refractivity contribution in [2.45, 2.75) is 0 Å². The first kappa shape index (κ1) is 15.8. The number of thioether (sulfide) groups is 1. The van der Waals surface area contributed by atoms with Crippen molar-refractivity contribution in [2.24, 2.45) is 0 Å². The Morgan fingerprint density at radius 3 is 2.61 bits per heavy atom. The van der Waals surface area contributed by atoms with Gasteiger partial charge in [-0.05, 0) is 5.56 Å². The Morgan fingerprint density at radius 1 is 1.26 bits per heavy atom. The van der Waals surface area contributed by atoms with Crippen LogP contribution in [0.2, 0.25) is 0 Å². The predicted molar refractivity (Wildman–Crippen MR) is 88.5 cm³/mol. The Kier molecular flexibility index (Phi) is 4.83. The lowest BCUT2D eigenvalue weighted by molar-refractivity contribution is -0.135. The molecule has 23 heavy (non-hydrogen) atoms. The number of benzene rings is 1. The number of ether oxygens (including phenoxy) is 2. The van der Waals surface area contributed by atoms with E-state index in [2.05, 4.69) is 9.64 Å². The van der Waals surface area contributed by atoms with E-state index in [1.165, 1.54) is 24.9 Å². The minimum Gasteiger partial charge on any atom is -0.466 e. The van der Waals surface area contributed by atoms with Crippen LogP contribution in [0.5, 0.6) is 0 Å². The normalized spacial score (nSPS) is 20.3. The number of nitrogens with zero attached hydrogens (tertiary/aromatic N) is 1. The van der Waals surface area contributed by atoms with Crippen LogP contribution >= 0.6 is 11.8 Å².